The molecule has 0 spiro atoms. The van der Waals surface area contributed by atoms with Gasteiger partial charge in [-0.2, -0.15) is 5.10 Å². The van der Waals surface area contributed by atoms with Crippen molar-refractivity contribution in [1.82, 2.24) is 39.5 Å². The zero-order chi connectivity index (χ0) is 41.9. The molecule has 5 aromatic rings. The predicted molar refractivity (Wildman–Crippen MR) is 229 cm³/mol. The van der Waals surface area contributed by atoms with Crippen LogP contribution in [-0.4, -0.2) is 110 Å². The molecule has 16 heteroatoms. The van der Waals surface area contributed by atoms with E-state index in [1.807, 2.05) is 39.1 Å². The minimum Gasteiger partial charge on any atom is -0.477 e. The van der Waals surface area contributed by atoms with Gasteiger partial charge in [-0.1, -0.05) is 0 Å². The average Bonchev–Trinajstić information content (AvgIpc) is 3.95. The maximum atomic E-state index is 16.1. The highest BCUT2D eigenvalue weighted by Crippen LogP contribution is 2.38. The Morgan fingerprint density at radius 1 is 0.836 bits per heavy atom. The van der Waals surface area contributed by atoms with Crippen LogP contribution in [0.15, 0.2) is 48.7 Å². The molecule has 1 saturated carbocycles. The number of imidazole rings is 1. The third kappa shape index (κ3) is 7.59. The molecule has 1 aliphatic carbocycles. The first-order valence-electron chi connectivity index (χ1n) is 21.7. The number of pyridine rings is 2. The Bertz CT molecular complexity index is 2530. The van der Waals surface area contributed by atoms with Crippen LogP contribution in [0.3, 0.4) is 0 Å². The smallest absolute Gasteiger partial charge is 0.258 e. The number of carbonyl (C=O) groups excluding carboxylic acids is 3. The van der Waals surface area contributed by atoms with Gasteiger partial charge in [0.15, 0.2) is 0 Å². The summed E-state index contributed by atoms with van der Waals surface area (Å²) >= 11 is 0. The Hall–Kier alpha value is -5.90. The second-order valence-electron chi connectivity index (χ2n) is 17.6. The second-order valence-corrected chi connectivity index (χ2v) is 17.6. The molecule has 61 heavy (non-hydrogen) atoms. The van der Waals surface area contributed by atoms with Crippen LogP contribution in [0.25, 0.3) is 22.3 Å². The number of piperazine rings is 1. The number of rotatable bonds is 4. The van der Waals surface area contributed by atoms with E-state index in [2.05, 4.69) is 47.1 Å². The summed E-state index contributed by atoms with van der Waals surface area (Å²) < 4.78 is 26.4. The molecule has 8 heterocycles. The fourth-order valence-corrected chi connectivity index (χ4v) is 10.3. The summed E-state index contributed by atoms with van der Waals surface area (Å²) in [5.74, 6) is 0.729. The number of hydrogen-bond acceptors (Lipinski definition) is 11. The lowest BCUT2D eigenvalue weighted by Crippen LogP contribution is -2.58. The van der Waals surface area contributed by atoms with Crippen molar-refractivity contribution in [2.24, 2.45) is 18.9 Å². The molecule has 3 amide bonds. The zero-order valence-corrected chi connectivity index (χ0v) is 34.9. The van der Waals surface area contributed by atoms with Crippen molar-refractivity contribution < 1.29 is 23.5 Å². The topological polar surface area (TPSA) is 156 Å². The molecule has 4 aliphatic heterocycles. The highest BCUT2D eigenvalue weighted by atomic mass is 19.1. The summed E-state index contributed by atoms with van der Waals surface area (Å²) in [4.78, 5) is 59.3. The van der Waals surface area contributed by atoms with Crippen LogP contribution in [0.1, 0.15) is 71.9 Å². The van der Waals surface area contributed by atoms with Crippen LogP contribution in [0.2, 0.25) is 0 Å². The van der Waals surface area contributed by atoms with Gasteiger partial charge in [-0.15, -0.1) is 0 Å². The number of anilines is 3. The second kappa shape index (κ2) is 15.9. The molecular formula is C45H52FN11O4. The molecule has 3 saturated heterocycles. The number of imide groups is 1. The van der Waals surface area contributed by atoms with Crippen molar-refractivity contribution >= 4 is 46.1 Å². The van der Waals surface area contributed by atoms with Crippen LogP contribution in [0.4, 0.5) is 21.7 Å². The third-order valence-electron chi connectivity index (χ3n) is 13.6. The molecule has 15 nitrogen and oxygen atoms in total. The van der Waals surface area contributed by atoms with E-state index in [9.17, 15) is 14.4 Å². The Labute approximate surface area is 353 Å². The SMILES string of the molecule is Cc1cc2cc(n1)-c1cnn(C)c1OC[C@H]1CC[C@H](C1)Cn1c(nc3ccc(N4CCN([C@H]5CCN(c6ccc(C7CCC(=O)NC7=O)nc6C)C[C@@H]5F)CC4)cc31)NC2=O. The van der Waals surface area contributed by atoms with Gasteiger partial charge in [-0.3, -0.25) is 39.9 Å². The van der Waals surface area contributed by atoms with E-state index in [0.29, 0.717) is 73.0 Å². The zero-order valence-electron chi connectivity index (χ0n) is 34.9. The van der Waals surface area contributed by atoms with Gasteiger partial charge in [0, 0.05) is 75.7 Å². The van der Waals surface area contributed by atoms with E-state index in [-0.39, 0.29) is 30.3 Å². The van der Waals surface area contributed by atoms with Crippen molar-refractivity contribution in [2.45, 2.75) is 77.0 Å². The molecule has 10 rings (SSSR count). The number of benzene rings is 1. The van der Waals surface area contributed by atoms with Crippen LogP contribution in [0.5, 0.6) is 5.88 Å². The Morgan fingerprint density at radius 3 is 2.48 bits per heavy atom. The van der Waals surface area contributed by atoms with Crippen molar-refractivity contribution in [3.63, 3.8) is 0 Å². The number of carbonyl (C=O) groups is 3. The molecule has 4 bridgehead atoms. The molecule has 318 valence electrons. The molecule has 1 unspecified atom stereocenters. The summed E-state index contributed by atoms with van der Waals surface area (Å²) in [6.45, 7) is 9.16. The minimum atomic E-state index is -1.02. The quantitative estimate of drug-likeness (QED) is 0.231. The number of aromatic nitrogens is 6. The summed E-state index contributed by atoms with van der Waals surface area (Å²) in [5.41, 5.74) is 7.80. The lowest BCUT2D eigenvalue weighted by atomic mass is 9.93. The summed E-state index contributed by atoms with van der Waals surface area (Å²) in [7, 11) is 1.87. The first-order chi connectivity index (χ1) is 29.5. The minimum absolute atomic E-state index is 0.166. The number of alkyl halides is 1. The van der Waals surface area contributed by atoms with Gasteiger partial charge in [0.1, 0.15) is 6.17 Å². The normalized spacial score (nSPS) is 25.0. The molecule has 2 N–H and O–H groups in total. The van der Waals surface area contributed by atoms with Gasteiger partial charge in [0.05, 0.1) is 64.6 Å². The number of ether oxygens (including phenoxy) is 1. The number of aryl methyl sites for hydroxylation is 3. The summed E-state index contributed by atoms with van der Waals surface area (Å²) in [6.07, 6.45) is 5.30. The van der Waals surface area contributed by atoms with E-state index < -0.39 is 12.1 Å². The maximum absolute atomic E-state index is 16.1. The van der Waals surface area contributed by atoms with Crippen molar-refractivity contribution in [3.8, 4) is 17.1 Å². The van der Waals surface area contributed by atoms with E-state index in [1.165, 1.54) is 0 Å². The molecule has 4 aromatic heterocycles. The van der Waals surface area contributed by atoms with Gasteiger partial charge >= 0.3 is 0 Å². The van der Waals surface area contributed by atoms with Gasteiger partial charge in [-0.05, 0) is 100 Å². The van der Waals surface area contributed by atoms with Gasteiger partial charge in [0.2, 0.25) is 23.6 Å². The number of piperidine rings is 2. The molecule has 4 fully saturated rings. The first kappa shape index (κ1) is 39.2. The standard InChI is InChI=1S/C45H52FN11O4/c1-26-18-30-20-37(48-26)33-22-47-53(3)44(33)61-25-29-5-4-28(19-29)23-57-40-21-31(6-8-36(40)50-45(57)52-42(30)59)54-14-16-55(17-15-54)39-12-13-56(24-34(39)46)38-10-9-35(49-27(38)2)32-7-11-41(58)51-43(32)60/h6,8-10,18,20-22,28-29,32,34,39H,4-5,7,11-17,19,23-25H2,1-3H3,(H,50,52,59)(H,51,58,60)/t28-,29+,32?,34+,39+/m1/s1. The van der Waals surface area contributed by atoms with E-state index in [4.69, 9.17) is 19.7 Å². The fraction of sp³-hybridized carbons (Fsp3) is 0.489. The molecule has 1 aromatic carbocycles. The Kier molecular flexibility index (Phi) is 10.2. The molecule has 0 radical (unpaired) electrons. The van der Waals surface area contributed by atoms with Crippen LogP contribution in [0, 0.1) is 25.7 Å². The first-order valence-corrected chi connectivity index (χ1v) is 21.7. The van der Waals surface area contributed by atoms with Gasteiger partial charge in [0.25, 0.3) is 5.91 Å². The van der Waals surface area contributed by atoms with Crippen LogP contribution >= 0.6 is 0 Å². The number of nitrogens with one attached hydrogen (secondary N) is 2. The van der Waals surface area contributed by atoms with E-state index in [0.717, 1.165) is 91.3 Å². The highest BCUT2D eigenvalue weighted by Gasteiger charge is 2.37. The van der Waals surface area contributed by atoms with Crippen LogP contribution < -0.4 is 25.2 Å². The number of halogens is 1. The Morgan fingerprint density at radius 2 is 1.67 bits per heavy atom. The monoisotopic (exact) mass is 829 g/mol. The highest BCUT2D eigenvalue weighted by molar-refractivity contribution is 6.05. The third-order valence-corrected chi connectivity index (χ3v) is 13.6. The van der Waals surface area contributed by atoms with Crippen LogP contribution in [-0.2, 0) is 23.2 Å². The maximum Gasteiger partial charge on any atom is 0.258 e. The number of amides is 3. The van der Waals surface area contributed by atoms with Crippen molar-refractivity contribution in [1.29, 1.82) is 0 Å². The largest absolute Gasteiger partial charge is 0.477 e. The van der Waals surface area contributed by atoms with Crippen molar-refractivity contribution in [3.05, 3.63) is 71.3 Å². The van der Waals surface area contributed by atoms with Gasteiger partial charge < -0.3 is 19.1 Å². The predicted octanol–water partition coefficient (Wildman–Crippen LogP) is 5.16. The molecule has 5 atom stereocenters. The summed E-state index contributed by atoms with van der Waals surface area (Å²) in [6, 6.07) is 13.6. The average molecular weight is 830 g/mol. The number of fused-ring (bicyclic) bond motifs is 9. The Balaban J connectivity index is 0.833. The van der Waals surface area contributed by atoms with E-state index in [1.54, 1.807) is 23.0 Å². The number of hydrogen-bond donors (Lipinski definition) is 2. The lowest BCUT2D eigenvalue weighted by molar-refractivity contribution is -0.134. The fourth-order valence-electron chi connectivity index (χ4n) is 10.3. The lowest BCUT2D eigenvalue weighted by Gasteiger charge is -2.45. The summed E-state index contributed by atoms with van der Waals surface area (Å²) in [5, 5.41) is 10.0. The molecule has 5 aliphatic rings. The molecular weight excluding hydrogens is 778 g/mol. The number of nitrogens with zero attached hydrogens (tertiary/aromatic N) is 9. The van der Waals surface area contributed by atoms with Gasteiger partial charge in [-0.25, -0.2) is 14.1 Å². The van der Waals surface area contributed by atoms with E-state index >= 15 is 4.39 Å². The van der Waals surface area contributed by atoms with Crippen molar-refractivity contribution in [2.75, 3.05) is 61.0 Å².